The SMILES string of the molecule is Cc1nn(C)c2ncc(C(=O)O)c(N3CCC(N)CC3)c12. The lowest BCUT2D eigenvalue weighted by Crippen LogP contribution is -2.40. The second kappa shape index (κ2) is 5.00. The van der Waals surface area contributed by atoms with E-state index in [9.17, 15) is 9.90 Å². The molecule has 0 radical (unpaired) electrons. The number of aromatic nitrogens is 3. The number of nitrogens with zero attached hydrogens (tertiary/aromatic N) is 4. The van der Waals surface area contributed by atoms with E-state index in [-0.39, 0.29) is 11.6 Å². The minimum Gasteiger partial charge on any atom is -0.478 e. The summed E-state index contributed by atoms with van der Waals surface area (Å²) in [5, 5.41) is 14.7. The third-order valence-corrected chi connectivity index (χ3v) is 4.09. The average molecular weight is 289 g/mol. The Hall–Kier alpha value is -2.15. The van der Waals surface area contributed by atoms with Gasteiger partial charge in [-0.3, -0.25) is 4.68 Å². The largest absolute Gasteiger partial charge is 0.478 e. The maximum absolute atomic E-state index is 11.6. The highest BCUT2D eigenvalue weighted by Gasteiger charge is 2.26. The van der Waals surface area contributed by atoms with Crippen LogP contribution in [0.3, 0.4) is 0 Å². The van der Waals surface area contributed by atoms with E-state index < -0.39 is 5.97 Å². The van der Waals surface area contributed by atoms with E-state index in [4.69, 9.17) is 5.73 Å². The second-order valence-corrected chi connectivity index (χ2v) is 5.56. The molecule has 0 spiro atoms. The fourth-order valence-electron chi connectivity index (χ4n) is 3.00. The lowest BCUT2D eigenvalue weighted by molar-refractivity contribution is 0.0697. The highest BCUT2D eigenvalue weighted by atomic mass is 16.4. The third kappa shape index (κ3) is 2.23. The number of aromatic carboxylic acids is 1. The molecular weight excluding hydrogens is 270 g/mol. The molecule has 1 fully saturated rings. The molecular formula is C14H19N5O2. The number of carbonyl (C=O) groups is 1. The van der Waals surface area contributed by atoms with Crippen LogP contribution >= 0.6 is 0 Å². The zero-order valence-electron chi connectivity index (χ0n) is 12.2. The molecule has 0 bridgehead atoms. The Balaban J connectivity index is 2.21. The molecule has 0 unspecified atom stereocenters. The van der Waals surface area contributed by atoms with Crippen LogP contribution in [0.2, 0.25) is 0 Å². The van der Waals surface area contributed by atoms with Gasteiger partial charge in [-0.05, 0) is 19.8 Å². The molecule has 0 aliphatic carbocycles. The summed E-state index contributed by atoms with van der Waals surface area (Å²) in [5.74, 6) is -0.961. The normalized spacial score (nSPS) is 16.6. The molecule has 3 rings (SSSR count). The van der Waals surface area contributed by atoms with Crippen molar-refractivity contribution in [1.82, 2.24) is 14.8 Å². The summed E-state index contributed by atoms with van der Waals surface area (Å²) in [4.78, 5) is 17.9. The van der Waals surface area contributed by atoms with Crippen molar-refractivity contribution in [2.24, 2.45) is 12.8 Å². The number of pyridine rings is 1. The average Bonchev–Trinajstić information content (AvgIpc) is 2.74. The first-order valence-electron chi connectivity index (χ1n) is 7.05. The van der Waals surface area contributed by atoms with Crippen LogP contribution in [0.4, 0.5) is 5.69 Å². The third-order valence-electron chi connectivity index (χ3n) is 4.09. The molecule has 0 saturated carbocycles. The number of hydrogen-bond donors (Lipinski definition) is 2. The number of nitrogens with two attached hydrogens (primary N) is 1. The number of carboxylic acids is 1. The first-order chi connectivity index (χ1) is 9.99. The molecule has 112 valence electrons. The van der Waals surface area contributed by atoms with Gasteiger partial charge < -0.3 is 15.7 Å². The Labute approximate surface area is 122 Å². The number of fused-ring (bicyclic) bond motifs is 1. The van der Waals surface area contributed by atoms with Crippen molar-refractivity contribution in [2.75, 3.05) is 18.0 Å². The van der Waals surface area contributed by atoms with E-state index in [0.717, 1.165) is 42.7 Å². The van der Waals surface area contributed by atoms with Crippen molar-refractivity contribution >= 4 is 22.7 Å². The van der Waals surface area contributed by atoms with Gasteiger partial charge in [0, 0.05) is 32.4 Å². The van der Waals surface area contributed by atoms with Crippen molar-refractivity contribution in [1.29, 1.82) is 0 Å². The standard InChI is InChI=1S/C14H19N5O2/c1-8-11-12(19-5-3-9(15)4-6-19)10(14(20)21)7-16-13(11)18(2)17-8/h7,9H,3-6,15H2,1-2H3,(H,20,21). The lowest BCUT2D eigenvalue weighted by Gasteiger charge is -2.33. The maximum Gasteiger partial charge on any atom is 0.339 e. The Morgan fingerprint density at radius 2 is 2.10 bits per heavy atom. The first kappa shape index (κ1) is 13.8. The summed E-state index contributed by atoms with van der Waals surface area (Å²) < 4.78 is 1.69. The van der Waals surface area contributed by atoms with Gasteiger partial charge in [0.15, 0.2) is 5.65 Å². The lowest BCUT2D eigenvalue weighted by atomic mass is 10.0. The molecule has 1 aliphatic heterocycles. The summed E-state index contributed by atoms with van der Waals surface area (Å²) >= 11 is 0. The highest BCUT2D eigenvalue weighted by Crippen LogP contribution is 2.33. The van der Waals surface area contributed by atoms with Crippen LogP contribution in [0, 0.1) is 6.92 Å². The minimum atomic E-state index is -0.961. The molecule has 2 aromatic rings. The molecule has 1 aliphatic rings. The zero-order valence-corrected chi connectivity index (χ0v) is 12.2. The molecule has 0 aromatic carbocycles. The zero-order chi connectivity index (χ0) is 15.1. The second-order valence-electron chi connectivity index (χ2n) is 5.56. The molecule has 7 heteroatoms. The number of rotatable bonds is 2. The van der Waals surface area contributed by atoms with Crippen molar-refractivity contribution in [3.05, 3.63) is 17.5 Å². The summed E-state index contributed by atoms with van der Waals surface area (Å²) in [6.07, 6.45) is 3.15. The van der Waals surface area contributed by atoms with Gasteiger partial charge in [-0.1, -0.05) is 0 Å². The summed E-state index contributed by atoms with van der Waals surface area (Å²) in [7, 11) is 1.82. The molecule has 21 heavy (non-hydrogen) atoms. The van der Waals surface area contributed by atoms with Crippen molar-refractivity contribution in [3.8, 4) is 0 Å². The highest BCUT2D eigenvalue weighted by molar-refractivity contribution is 6.04. The van der Waals surface area contributed by atoms with Gasteiger partial charge in [-0.25, -0.2) is 9.78 Å². The van der Waals surface area contributed by atoms with Gasteiger partial charge in [0.05, 0.1) is 16.8 Å². The van der Waals surface area contributed by atoms with E-state index >= 15 is 0 Å². The van der Waals surface area contributed by atoms with Crippen LogP contribution < -0.4 is 10.6 Å². The van der Waals surface area contributed by atoms with Crippen LogP contribution in [-0.4, -0.2) is 45.0 Å². The van der Waals surface area contributed by atoms with Crippen LogP contribution in [0.15, 0.2) is 6.20 Å². The van der Waals surface area contributed by atoms with Gasteiger partial charge in [-0.2, -0.15) is 5.10 Å². The smallest absolute Gasteiger partial charge is 0.339 e. The Bertz CT molecular complexity index is 701. The monoisotopic (exact) mass is 289 g/mol. The van der Waals surface area contributed by atoms with Crippen LogP contribution in [0.5, 0.6) is 0 Å². The topological polar surface area (TPSA) is 97.3 Å². The first-order valence-corrected chi connectivity index (χ1v) is 7.05. The van der Waals surface area contributed by atoms with E-state index in [0.29, 0.717) is 5.65 Å². The van der Waals surface area contributed by atoms with Gasteiger partial charge >= 0.3 is 5.97 Å². The quantitative estimate of drug-likeness (QED) is 0.852. The van der Waals surface area contributed by atoms with Crippen molar-refractivity contribution in [2.45, 2.75) is 25.8 Å². The molecule has 7 nitrogen and oxygen atoms in total. The molecule has 1 saturated heterocycles. The number of anilines is 1. The Morgan fingerprint density at radius 1 is 1.43 bits per heavy atom. The van der Waals surface area contributed by atoms with Gasteiger partial charge in [0.1, 0.15) is 5.56 Å². The van der Waals surface area contributed by atoms with Crippen molar-refractivity contribution in [3.63, 3.8) is 0 Å². The fourth-order valence-corrected chi connectivity index (χ4v) is 3.00. The predicted octanol–water partition coefficient (Wildman–Crippen LogP) is 0.902. The Morgan fingerprint density at radius 3 is 2.71 bits per heavy atom. The van der Waals surface area contributed by atoms with Crippen molar-refractivity contribution < 1.29 is 9.90 Å². The van der Waals surface area contributed by atoms with E-state index in [1.54, 1.807) is 4.68 Å². The van der Waals surface area contributed by atoms with Crippen LogP contribution in [0.25, 0.3) is 11.0 Å². The van der Waals surface area contributed by atoms with Gasteiger partial charge in [0.25, 0.3) is 0 Å². The number of aryl methyl sites for hydroxylation is 2. The predicted molar refractivity (Wildman–Crippen MR) is 79.6 cm³/mol. The van der Waals surface area contributed by atoms with E-state index in [2.05, 4.69) is 15.0 Å². The fraction of sp³-hybridized carbons (Fsp3) is 0.500. The van der Waals surface area contributed by atoms with Gasteiger partial charge in [-0.15, -0.1) is 0 Å². The number of piperidine rings is 1. The molecule has 3 N–H and O–H groups in total. The van der Waals surface area contributed by atoms with E-state index in [1.807, 2.05) is 14.0 Å². The molecule has 0 atom stereocenters. The molecule has 2 aromatic heterocycles. The number of hydrogen-bond acceptors (Lipinski definition) is 5. The number of carboxylic acid groups (broad SMARTS) is 1. The molecule has 0 amide bonds. The summed E-state index contributed by atoms with van der Waals surface area (Å²) in [6.45, 7) is 3.40. The maximum atomic E-state index is 11.6. The Kier molecular flexibility index (Phi) is 3.29. The summed E-state index contributed by atoms with van der Waals surface area (Å²) in [5.41, 5.74) is 8.41. The minimum absolute atomic E-state index is 0.196. The van der Waals surface area contributed by atoms with E-state index in [1.165, 1.54) is 6.20 Å². The molecule has 3 heterocycles. The van der Waals surface area contributed by atoms with Crippen LogP contribution in [0.1, 0.15) is 28.9 Å². The van der Waals surface area contributed by atoms with Gasteiger partial charge in [0.2, 0.25) is 0 Å². The summed E-state index contributed by atoms with van der Waals surface area (Å²) in [6, 6.07) is 0.196. The van der Waals surface area contributed by atoms with Crippen LogP contribution in [-0.2, 0) is 7.05 Å².